The summed E-state index contributed by atoms with van der Waals surface area (Å²) in [6.07, 6.45) is 2.10. The van der Waals surface area contributed by atoms with Crippen molar-refractivity contribution in [1.29, 1.82) is 0 Å². The summed E-state index contributed by atoms with van der Waals surface area (Å²) < 4.78 is 15.1. The Bertz CT molecular complexity index is 579. The zero-order valence-electron chi connectivity index (χ0n) is 9.64. The number of nitrogens with two attached hydrogens (primary N) is 2. The Balaban J connectivity index is 2.35. The number of nitrogens with zero attached hydrogens (tertiary/aromatic N) is 2. The Hall–Kier alpha value is -2.21. The molecular formula is C12H13FN4O. The number of hydrogen-bond acceptors (Lipinski definition) is 3. The van der Waals surface area contributed by atoms with Crippen LogP contribution in [0.3, 0.4) is 0 Å². The van der Waals surface area contributed by atoms with E-state index in [1.54, 1.807) is 12.1 Å². The van der Waals surface area contributed by atoms with E-state index in [1.807, 2.05) is 0 Å². The van der Waals surface area contributed by atoms with Crippen LogP contribution in [0, 0.1) is 5.82 Å². The lowest BCUT2D eigenvalue weighted by molar-refractivity contribution is 0.0995. The van der Waals surface area contributed by atoms with Crippen molar-refractivity contribution in [3.8, 4) is 5.69 Å². The van der Waals surface area contributed by atoms with Crippen LogP contribution >= 0.6 is 0 Å². The van der Waals surface area contributed by atoms with Gasteiger partial charge < -0.3 is 11.5 Å². The fourth-order valence-electron chi connectivity index (χ4n) is 1.65. The first-order valence-corrected chi connectivity index (χ1v) is 5.46. The topological polar surface area (TPSA) is 86.9 Å². The molecule has 1 amide bonds. The third-order valence-corrected chi connectivity index (χ3v) is 2.53. The summed E-state index contributed by atoms with van der Waals surface area (Å²) in [7, 11) is 0. The normalized spacial score (nSPS) is 10.6. The number of carbonyl (C=O) groups is 1. The molecule has 0 bridgehead atoms. The Labute approximate surface area is 103 Å². The highest BCUT2D eigenvalue weighted by molar-refractivity contribution is 5.90. The summed E-state index contributed by atoms with van der Waals surface area (Å²) in [4.78, 5) is 10.9. The van der Waals surface area contributed by atoms with Crippen molar-refractivity contribution in [3.63, 3.8) is 0 Å². The zero-order valence-corrected chi connectivity index (χ0v) is 9.64. The first-order valence-electron chi connectivity index (χ1n) is 5.46. The first-order chi connectivity index (χ1) is 8.61. The predicted molar refractivity (Wildman–Crippen MR) is 64.8 cm³/mol. The molecule has 94 valence electrons. The minimum absolute atomic E-state index is 0.0976. The van der Waals surface area contributed by atoms with E-state index in [4.69, 9.17) is 11.5 Å². The third kappa shape index (κ3) is 2.38. The van der Waals surface area contributed by atoms with Gasteiger partial charge in [0.15, 0.2) is 0 Å². The van der Waals surface area contributed by atoms with Gasteiger partial charge in [-0.1, -0.05) is 6.07 Å². The molecule has 0 atom stereocenters. The van der Waals surface area contributed by atoms with Gasteiger partial charge in [0.2, 0.25) is 0 Å². The molecule has 6 heteroatoms. The molecule has 5 nitrogen and oxygen atoms in total. The summed E-state index contributed by atoms with van der Waals surface area (Å²) in [5.41, 5.74) is 11.7. The minimum atomic E-state index is -0.645. The van der Waals surface area contributed by atoms with E-state index >= 15 is 0 Å². The molecule has 1 heterocycles. The van der Waals surface area contributed by atoms with Crippen LogP contribution in [0.5, 0.6) is 0 Å². The smallest absolute Gasteiger partial charge is 0.269 e. The lowest BCUT2D eigenvalue weighted by atomic mass is 10.1. The van der Waals surface area contributed by atoms with Gasteiger partial charge in [-0.3, -0.25) is 4.79 Å². The van der Waals surface area contributed by atoms with E-state index in [9.17, 15) is 9.18 Å². The van der Waals surface area contributed by atoms with Crippen LogP contribution < -0.4 is 11.5 Å². The van der Waals surface area contributed by atoms with E-state index in [0.717, 1.165) is 5.56 Å². The molecule has 4 N–H and O–H groups in total. The standard InChI is InChI=1S/C12H13FN4O/c13-9-7-8(3-5-14)1-2-11(9)17-6-4-10(16-17)12(15)18/h1-2,4,6-7H,3,5,14H2,(H2,15,18). The van der Waals surface area contributed by atoms with Crippen LogP contribution in [0.15, 0.2) is 30.5 Å². The van der Waals surface area contributed by atoms with E-state index in [-0.39, 0.29) is 11.4 Å². The van der Waals surface area contributed by atoms with Crippen LogP contribution in [0.2, 0.25) is 0 Å². The summed E-state index contributed by atoms with van der Waals surface area (Å²) >= 11 is 0. The SMILES string of the molecule is NCCc1ccc(-n2ccc(C(N)=O)n2)c(F)c1. The first kappa shape index (κ1) is 12.3. The van der Waals surface area contributed by atoms with Gasteiger partial charge in [-0.05, 0) is 36.7 Å². The summed E-state index contributed by atoms with van der Waals surface area (Å²) in [5.74, 6) is -1.06. The van der Waals surface area contributed by atoms with Crippen LogP contribution in [-0.2, 0) is 6.42 Å². The number of aromatic nitrogens is 2. The predicted octanol–water partition coefficient (Wildman–Crippen LogP) is 0.612. The lowest BCUT2D eigenvalue weighted by Crippen LogP contribution is -2.12. The number of primary amides is 1. The molecule has 0 aliphatic rings. The highest BCUT2D eigenvalue weighted by atomic mass is 19.1. The summed E-state index contributed by atoms with van der Waals surface area (Å²) in [6.45, 7) is 0.465. The lowest BCUT2D eigenvalue weighted by Gasteiger charge is -2.05. The van der Waals surface area contributed by atoms with Crippen molar-refractivity contribution in [1.82, 2.24) is 9.78 Å². The van der Waals surface area contributed by atoms with Crippen LogP contribution in [0.1, 0.15) is 16.1 Å². The second-order valence-corrected chi connectivity index (χ2v) is 3.83. The molecule has 0 unspecified atom stereocenters. The molecule has 2 aromatic rings. The largest absolute Gasteiger partial charge is 0.364 e. The van der Waals surface area contributed by atoms with Gasteiger partial charge in [-0.25, -0.2) is 9.07 Å². The number of amides is 1. The quantitative estimate of drug-likeness (QED) is 0.831. The summed E-state index contributed by atoms with van der Waals surface area (Å²) in [6, 6.07) is 6.22. The van der Waals surface area contributed by atoms with Crippen LogP contribution in [-0.4, -0.2) is 22.2 Å². The van der Waals surface area contributed by atoms with Gasteiger partial charge in [-0.15, -0.1) is 0 Å². The van der Waals surface area contributed by atoms with Crippen molar-refractivity contribution >= 4 is 5.91 Å². The number of halogens is 1. The molecule has 0 radical (unpaired) electrons. The third-order valence-electron chi connectivity index (χ3n) is 2.53. The number of rotatable bonds is 4. The Morgan fingerprint density at radius 3 is 2.72 bits per heavy atom. The van der Waals surface area contributed by atoms with Gasteiger partial charge in [0.25, 0.3) is 5.91 Å². The van der Waals surface area contributed by atoms with E-state index in [1.165, 1.54) is 23.0 Å². The number of benzene rings is 1. The van der Waals surface area contributed by atoms with E-state index in [2.05, 4.69) is 5.10 Å². The van der Waals surface area contributed by atoms with Crippen molar-refractivity contribution in [2.45, 2.75) is 6.42 Å². The van der Waals surface area contributed by atoms with Crippen molar-refractivity contribution in [2.24, 2.45) is 11.5 Å². The second kappa shape index (κ2) is 4.97. The molecule has 0 saturated carbocycles. The van der Waals surface area contributed by atoms with Gasteiger partial charge >= 0.3 is 0 Å². The Morgan fingerprint density at radius 2 is 2.17 bits per heavy atom. The zero-order chi connectivity index (χ0) is 13.1. The average molecular weight is 248 g/mol. The van der Waals surface area contributed by atoms with E-state index < -0.39 is 11.7 Å². The van der Waals surface area contributed by atoms with Crippen molar-refractivity contribution < 1.29 is 9.18 Å². The minimum Gasteiger partial charge on any atom is -0.364 e. The van der Waals surface area contributed by atoms with Gasteiger partial charge in [0.1, 0.15) is 17.2 Å². The Kier molecular flexibility index (Phi) is 3.38. The highest BCUT2D eigenvalue weighted by Crippen LogP contribution is 2.15. The summed E-state index contributed by atoms with van der Waals surface area (Å²) in [5, 5.41) is 3.89. The van der Waals surface area contributed by atoms with E-state index in [0.29, 0.717) is 13.0 Å². The second-order valence-electron chi connectivity index (χ2n) is 3.83. The molecule has 0 aliphatic heterocycles. The van der Waals surface area contributed by atoms with Gasteiger partial charge in [0, 0.05) is 6.20 Å². The van der Waals surface area contributed by atoms with Gasteiger partial charge in [0.05, 0.1) is 0 Å². The maximum absolute atomic E-state index is 13.9. The number of carbonyl (C=O) groups excluding carboxylic acids is 1. The van der Waals surface area contributed by atoms with Crippen molar-refractivity contribution in [2.75, 3.05) is 6.54 Å². The molecule has 0 spiro atoms. The van der Waals surface area contributed by atoms with Crippen LogP contribution in [0.25, 0.3) is 5.69 Å². The molecular weight excluding hydrogens is 235 g/mol. The molecule has 18 heavy (non-hydrogen) atoms. The fourth-order valence-corrected chi connectivity index (χ4v) is 1.65. The monoisotopic (exact) mass is 248 g/mol. The molecule has 0 fully saturated rings. The molecule has 0 aliphatic carbocycles. The molecule has 0 saturated heterocycles. The molecule has 1 aromatic heterocycles. The number of hydrogen-bond donors (Lipinski definition) is 2. The van der Waals surface area contributed by atoms with Crippen LogP contribution in [0.4, 0.5) is 4.39 Å². The Morgan fingerprint density at radius 1 is 1.39 bits per heavy atom. The van der Waals surface area contributed by atoms with Crippen molar-refractivity contribution in [3.05, 3.63) is 47.5 Å². The fraction of sp³-hybridized carbons (Fsp3) is 0.167. The maximum atomic E-state index is 13.9. The average Bonchev–Trinajstić information content (AvgIpc) is 2.79. The molecule has 1 aromatic carbocycles. The molecule has 2 rings (SSSR count). The highest BCUT2D eigenvalue weighted by Gasteiger charge is 2.09. The van der Waals surface area contributed by atoms with Gasteiger partial charge in [-0.2, -0.15) is 5.10 Å². The maximum Gasteiger partial charge on any atom is 0.269 e.